The van der Waals surface area contributed by atoms with Crippen molar-refractivity contribution in [2.75, 3.05) is 17.7 Å². The van der Waals surface area contributed by atoms with Crippen molar-refractivity contribution in [2.24, 2.45) is 0 Å². The molecular weight excluding hydrogens is 264 g/mol. The van der Waals surface area contributed by atoms with Gasteiger partial charge in [-0.25, -0.2) is 9.59 Å². The summed E-state index contributed by atoms with van der Waals surface area (Å²) >= 11 is 1.21. The SMILES string of the molecule is COC(=O)c1sccc1NC(=O)Nc1ccccc1. The van der Waals surface area contributed by atoms with E-state index in [2.05, 4.69) is 15.4 Å². The van der Waals surface area contributed by atoms with Crippen LogP contribution in [-0.2, 0) is 4.74 Å². The molecule has 0 aliphatic rings. The third-order valence-corrected chi connectivity index (χ3v) is 3.21. The summed E-state index contributed by atoms with van der Waals surface area (Å²) in [6.07, 6.45) is 0. The van der Waals surface area contributed by atoms with E-state index in [9.17, 15) is 9.59 Å². The summed E-state index contributed by atoms with van der Waals surface area (Å²) in [6, 6.07) is 10.3. The van der Waals surface area contributed by atoms with Gasteiger partial charge in [-0.3, -0.25) is 0 Å². The van der Waals surface area contributed by atoms with E-state index in [0.29, 0.717) is 16.3 Å². The number of esters is 1. The van der Waals surface area contributed by atoms with Gasteiger partial charge >= 0.3 is 12.0 Å². The molecule has 19 heavy (non-hydrogen) atoms. The molecule has 2 amide bonds. The van der Waals surface area contributed by atoms with E-state index >= 15 is 0 Å². The summed E-state index contributed by atoms with van der Waals surface area (Å²) in [5, 5.41) is 6.99. The molecule has 0 aliphatic carbocycles. The van der Waals surface area contributed by atoms with Crippen LogP contribution in [0.25, 0.3) is 0 Å². The normalized spacial score (nSPS) is 9.74. The van der Waals surface area contributed by atoms with Crippen molar-refractivity contribution >= 4 is 34.7 Å². The van der Waals surface area contributed by atoms with Crippen LogP contribution < -0.4 is 10.6 Å². The summed E-state index contributed by atoms with van der Waals surface area (Å²) in [5.41, 5.74) is 1.11. The first kappa shape index (κ1) is 13.1. The smallest absolute Gasteiger partial charge is 0.350 e. The lowest BCUT2D eigenvalue weighted by atomic mass is 10.3. The molecule has 6 heteroatoms. The van der Waals surface area contributed by atoms with Crippen LogP contribution in [0.3, 0.4) is 0 Å². The van der Waals surface area contributed by atoms with Gasteiger partial charge in [-0.05, 0) is 23.6 Å². The van der Waals surface area contributed by atoms with E-state index in [-0.39, 0.29) is 0 Å². The number of ether oxygens (including phenoxy) is 1. The number of nitrogens with one attached hydrogen (secondary N) is 2. The van der Waals surface area contributed by atoms with Crippen LogP contribution >= 0.6 is 11.3 Å². The average Bonchev–Trinajstić information content (AvgIpc) is 2.87. The fourth-order valence-electron chi connectivity index (χ4n) is 1.46. The number of amides is 2. The zero-order valence-corrected chi connectivity index (χ0v) is 11.0. The van der Waals surface area contributed by atoms with Gasteiger partial charge in [-0.15, -0.1) is 11.3 Å². The number of methoxy groups -OCH3 is 1. The number of hydrogen-bond donors (Lipinski definition) is 2. The van der Waals surface area contributed by atoms with E-state index in [0.717, 1.165) is 0 Å². The summed E-state index contributed by atoms with van der Waals surface area (Å²) < 4.78 is 4.63. The lowest BCUT2D eigenvalue weighted by molar-refractivity contribution is 0.0607. The van der Waals surface area contributed by atoms with Crippen LogP contribution in [0.15, 0.2) is 41.8 Å². The van der Waals surface area contributed by atoms with E-state index in [1.165, 1.54) is 18.4 Å². The van der Waals surface area contributed by atoms with Gasteiger partial charge in [0.15, 0.2) is 0 Å². The largest absolute Gasteiger partial charge is 0.465 e. The summed E-state index contributed by atoms with van der Waals surface area (Å²) in [4.78, 5) is 23.6. The number of anilines is 2. The van der Waals surface area contributed by atoms with E-state index in [1.807, 2.05) is 18.2 Å². The van der Waals surface area contributed by atoms with Gasteiger partial charge in [0.2, 0.25) is 0 Å². The fraction of sp³-hybridized carbons (Fsp3) is 0.0769. The molecule has 0 atom stereocenters. The number of para-hydroxylation sites is 1. The Morgan fingerprint density at radius 2 is 1.84 bits per heavy atom. The highest BCUT2D eigenvalue weighted by Crippen LogP contribution is 2.23. The van der Waals surface area contributed by atoms with Gasteiger partial charge in [0.1, 0.15) is 4.88 Å². The second-order valence-corrected chi connectivity index (χ2v) is 4.52. The van der Waals surface area contributed by atoms with Crippen LogP contribution in [0.5, 0.6) is 0 Å². The number of thiophene rings is 1. The summed E-state index contributed by atoms with van der Waals surface area (Å²) in [5.74, 6) is -0.468. The molecule has 1 aromatic carbocycles. The minimum atomic E-state index is -0.468. The topological polar surface area (TPSA) is 67.4 Å². The number of hydrogen-bond acceptors (Lipinski definition) is 4. The predicted octanol–water partition coefficient (Wildman–Crippen LogP) is 3.18. The minimum absolute atomic E-state index is 0.366. The van der Waals surface area contributed by atoms with Crippen LogP contribution in [0.2, 0.25) is 0 Å². The van der Waals surface area contributed by atoms with Crippen molar-refractivity contribution in [2.45, 2.75) is 0 Å². The van der Waals surface area contributed by atoms with Gasteiger partial charge in [0, 0.05) is 5.69 Å². The first-order valence-corrected chi connectivity index (χ1v) is 6.37. The van der Waals surface area contributed by atoms with Gasteiger partial charge < -0.3 is 15.4 Å². The van der Waals surface area contributed by atoms with E-state index in [4.69, 9.17) is 0 Å². The Morgan fingerprint density at radius 3 is 2.53 bits per heavy atom. The standard InChI is InChI=1S/C13H12N2O3S/c1-18-12(16)11-10(7-8-19-11)15-13(17)14-9-5-3-2-4-6-9/h2-8H,1H3,(H2,14,15,17). The van der Waals surface area contributed by atoms with Crippen molar-refractivity contribution < 1.29 is 14.3 Å². The Morgan fingerprint density at radius 1 is 1.11 bits per heavy atom. The molecule has 2 rings (SSSR count). The lowest BCUT2D eigenvalue weighted by Gasteiger charge is -2.07. The molecule has 0 fully saturated rings. The van der Waals surface area contributed by atoms with Gasteiger partial charge in [0.05, 0.1) is 12.8 Å². The first-order chi connectivity index (χ1) is 9.20. The van der Waals surface area contributed by atoms with Crippen LogP contribution in [-0.4, -0.2) is 19.1 Å². The minimum Gasteiger partial charge on any atom is -0.465 e. The van der Waals surface area contributed by atoms with Crippen LogP contribution in [0.4, 0.5) is 16.2 Å². The van der Waals surface area contributed by atoms with Crippen molar-refractivity contribution in [1.29, 1.82) is 0 Å². The van der Waals surface area contributed by atoms with Crippen LogP contribution in [0.1, 0.15) is 9.67 Å². The molecule has 1 aromatic heterocycles. The molecule has 1 heterocycles. The molecule has 0 saturated carbocycles. The van der Waals surface area contributed by atoms with Gasteiger partial charge in [-0.1, -0.05) is 18.2 Å². The molecular formula is C13H12N2O3S. The van der Waals surface area contributed by atoms with Crippen molar-refractivity contribution in [3.8, 4) is 0 Å². The highest BCUT2D eigenvalue weighted by Gasteiger charge is 2.15. The molecule has 0 unspecified atom stereocenters. The molecule has 0 bridgehead atoms. The third-order valence-electron chi connectivity index (χ3n) is 2.32. The monoisotopic (exact) mass is 276 g/mol. The highest BCUT2D eigenvalue weighted by molar-refractivity contribution is 7.12. The summed E-state index contributed by atoms with van der Waals surface area (Å²) in [7, 11) is 1.30. The Hall–Kier alpha value is -2.34. The molecule has 98 valence electrons. The molecule has 2 N–H and O–H groups in total. The van der Waals surface area contributed by atoms with Gasteiger partial charge in [0.25, 0.3) is 0 Å². The highest BCUT2D eigenvalue weighted by atomic mass is 32.1. The predicted molar refractivity (Wildman–Crippen MR) is 74.7 cm³/mol. The maximum Gasteiger partial charge on any atom is 0.350 e. The number of urea groups is 1. The molecule has 0 spiro atoms. The molecule has 5 nitrogen and oxygen atoms in total. The van der Waals surface area contributed by atoms with Crippen LogP contribution in [0, 0.1) is 0 Å². The quantitative estimate of drug-likeness (QED) is 0.846. The van der Waals surface area contributed by atoms with E-state index < -0.39 is 12.0 Å². The van der Waals surface area contributed by atoms with E-state index in [1.54, 1.807) is 23.6 Å². The molecule has 2 aromatic rings. The Labute approximate surface area is 114 Å². The maximum absolute atomic E-state index is 11.8. The Balaban J connectivity index is 2.04. The zero-order chi connectivity index (χ0) is 13.7. The van der Waals surface area contributed by atoms with Gasteiger partial charge in [-0.2, -0.15) is 0 Å². The molecule has 0 saturated heterocycles. The number of rotatable bonds is 3. The van der Waals surface area contributed by atoms with Crippen molar-refractivity contribution in [1.82, 2.24) is 0 Å². The number of benzene rings is 1. The fourth-order valence-corrected chi connectivity index (χ4v) is 2.23. The second-order valence-electron chi connectivity index (χ2n) is 3.60. The second kappa shape index (κ2) is 6.01. The van der Waals surface area contributed by atoms with Crippen molar-refractivity contribution in [3.05, 3.63) is 46.7 Å². The lowest BCUT2D eigenvalue weighted by Crippen LogP contribution is -2.20. The summed E-state index contributed by atoms with van der Waals surface area (Å²) in [6.45, 7) is 0. The number of carbonyl (C=O) groups is 2. The first-order valence-electron chi connectivity index (χ1n) is 5.49. The Kier molecular flexibility index (Phi) is 4.15. The molecule has 0 aliphatic heterocycles. The molecule has 0 radical (unpaired) electrons. The zero-order valence-electron chi connectivity index (χ0n) is 10.2. The Bertz CT molecular complexity index is 581. The number of carbonyl (C=O) groups excluding carboxylic acids is 2. The maximum atomic E-state index is 11.8. The third kappa shape index (κ3) is 3.32. The average molecular weight is 276 g/mol. The van der Waals surface area contributed by atoms with Crippen molar-refractivity contribution in [3.63, 3.8) is 0 Å².